The summed E-state index contributed by atoms with van der Waals surface area (Å²) in [6.45, 7) is 2.96. The molecule has 0 aliphatic rings. The second-order valence-corrected chi connectivity index (χ2v) is 5.21. The van der Waals surface area contributed by atoms with Crippen molar-refractivity contribution >= 4 is 22.8 Å². The van der Waals surface area contributed by atoms with Crippen LogP contribution in [0.25, 0.3) is 11.1 Å². The van der Waals surface area contributed by atoms with Crippen LogP contribution in [0.4, 0.5) is 17.1 Å². The topological polar surface area (TPSA) is 115 Å². The zero-order chi connectivity index (χ0) is 18.0. The maximum atomic E-state index is 12.2. The number of nitrogens with one attached hydrogen (secondary N) is 1. The molecule has 8 heteroatoms. The number of hydrogen-bond acceptors (Lipinski definition) is 6. The van der Waals surface area contributed by atoms with Gasteiger partial charge in [0.2, 0.25) is 0 Å². The number of anilines is 1. The summed E-state index contributed by atoms with van der Waals surface area (Å²) in [5.41, 5.74) is 1.01. The average Bonchev–Trinajstić information content (AvgIpc) is 2.53. The summed E-state index contributed by atoms with van der Waals surface area (Å²) in [6, 6.07) is 6.81. The minimum atomic E-state index is -0.590. The molecule has 0 bridgehead atoms. The van der Waals surface area contributed by atoms with Gasteiger partial charge in [-0.1, -0.05) is 12.1 Å². The summed E-state index contributed by atoms with van der Waals surface area (Å²) >= 11 is 0. The van der Waals surface area contributed by atoms with Crippen LogP contribution < -0.4 is 5.32 Å². The van der Waals surface area contributed by atoms with Crippen molar-refractivity contribution in [3.63, 3.8) is 0 Å². The molecule has 2 aromatic carbocycles. The normalized spacial score (nSPS) is 10.3. The van der Waals surface area contributed by atoms with Crippen LogP contribution in [0, 0.1) is 27.2 Å². The van der Waals surface area contributed by atoms with Crippen LogP contribution in [0.2, 0.25) is 0 Å². The Bertz CT molecular complexity index is 861. The van der Waals surface area contributed by atoms with Gasteiger partial charge in [-0.25, -0.2) is 0 Å². The van der Waals surface area contributed by atoms with E-state index < -0.39 is 9.85 Å². The van der Waals surface area contributed by atoms with Crippen LogP contribution in [0.3, 0.4) is 0 Å². The summed E-state index contributed by atoms with van der Waals surface area (Å²) in [7, 11) is 1.61. The fourth-order valence-electron chi connectivity index (χ4n) is 2.69. The van der Waals surface area contributed by atoms with Gasteiger partial charge >= 0.3 is 0 Å². The van der Waals surface area contributed by atoms with Crippen molar-refractivity contribution in [2.75, 3.05) is 12.4 Å². The van der Waals surface area contributed by atoms with Crippen molar-refractivity contribution in [3.8, 4) is 11.1 Å². The van der Waals surface area contributed by atoms with E-state index in [1.54, 1.807) is 14.0 Å². The highest BCUT2D eigenvalue weighted by Crippen LogP contribution is 2.40. The third kappa shape index (κ3) is 2.94. The molecule has 124 valence electrons. The number of non-ortho nitro benzene ring substituents is 1. The molecule has 2 aromatic rings. The number of hydrogen-bond donors (Lipinski definition) is 1. The van der Waals surface area contributed by atoms with E-state index in [0.717, 1.165) is 0 Å². The summed E-state index contributed by atoms with van der Waals surface area (Å²) in [6.07, 6.45) is 0. The Morgan fingerprint density at radius 3 is 2.29 bits per heavy atom. The summed E-state index contributed by atoms with van der Waals surface area (Å²) in [5.74, 6) is -0.368. The SMILES string of the molecule is CNc1c(C)cc([N+](=O)[O-])c(-c2cccc([N+](=O)[O-])c2)c1C(C)=O. The summed E-state index contributed by atoms with van der Waals surface area (Å²) < 4.78 is 0. The molecule has 0 unspecified atom stereocenters. The van der Waals surface area contributed by atoms with Crippen LogP contribution in [0.15, 0.2) is 30.3 Å². The number of ketones is 1. The van der Waals surface area contributed by atoms with Crippen molar-refractivity contribution < 1.29 is 14.6 Å². The monoisotopic (exact) mass is 329 g/mol. The number of carbonyl (C=O) groups excluding carboxylic acids is 1. The minimum absolute atomic E-state index is 0.0751. The molecule has 0 amide bonds. The Hall–Kier alpha value is -3.29. The smallest absolute Gasteiger partial charge is 0.278 e. The van der Waals surface area contributed by atoms with Crippen molar-refractivity contribution in [2.24, 2.45) is 0 Å². The molecule has 24 heavy (non-hydrogen) atoms. The zero-order valence-corrected chi connectivity index (χ0v) is 13.3. The molecule has 0 aliphatic heterocycles. The molecule has 0 fully saturated rings. The van der Waals surface area contributed by atoms with Crippen LogP contribution in [0.5, 0.6) is 0 Å². The summed E-state index contributed by atoms with van der Waals surface area (Å²) in [4.78, 5) is 33.5. The van der Waals surface area contributed by atoms with Gasteiger partial charge in [-0.15, -0.1) is 0 Å². The van der Waals surface area contributed by atoms with Crippen LogP contribution in [0.1, 0.15) is 22.8 Å². The van der Waals surface area contributed by atoms with Gasteiger partial charge < -0.3 is 5.32 Å². The Kier molecular flexibility index (Phi) is 4.59. The lowest BCUT2D eigenvalue weighted by Gasteiger charge is -2.15. The highest BCUT2D eigenvalue weighted by molar-refractivity contribution is 6.08. The minimum Gasteiger partial charge on any atom is -0.387 e. The van der Waals surface area contributed by atoms with Gasteiger partial charge in [0, 0.05) is 30.9 Å². The Morgan fingerprint density at radius 1 is 1.12 bits per heavy atom. The van der Waals surface area contributed by atoms with Crippen molar-refractivity contribution in [1.29, 1.82) is 0 Å². The molecule has 1 N–H and O–H groups in total. The maximum absolute atomic E-state index is 12.2. The molecule has 0 radical (unpaired) electrons. The fraction of sp³-hybridized carbons (Fsp3) is 0.188. The maximum Gasteiger partial charge on any atom is 0.278 e. The molecule has 0 heterocycles. The Morgan fingerprint density at radius 2 is 1.79 bits per heavy atom. The van der Waals surface area contributed by atoms with Crippen LogP contribution >= 0.6 is 0 Å². The molecule has 0 aliphatic carbocycles. The third-order valence-corrected chi connectivity index (χ3v) is 3.65. The first-order valence-electron chi connectivity index (χ1n) is 7.03. The lowest BCUT2D eigenvalue weighted by Crippen LogP contribution is -2.08. The standard InChI is InChI=1S/C16H15N3O5/c1-9-7-13(19(23)24)15(14(10(2)20)16(9)17-3)11-5-4-6-12(8-11)18(21)22/h4-8,17H,1-3H3. The molecule has 8 nitrogen and oxygen atoms in total. The Balaban J connectivity index is 2.94. The predicted octanol–water partition coefficient (Wildman–Crippen LogP) is 3.72. The summed E-state index contributed by atoms with van der Waals surface area (Å²) in [5, 5.41) is 25.4. The third-order valence-electron chi connectivity index (χ3n) is 3.65. The first-order chi connectivity index (χ1) is 11.3. The number of aryl methyl sites for hydroxylation is 1. The number of Topliss-reactive ketones (excluding diaryl/α,β-unsaturated/α-hetero) is 1. The predicted molar refractivity (Wildman–Crippen MR) is 89.5 cm³/mol. The lowest BCUT2D eigenvalue weighted by molar-refractivity contribution is -0.385. The van der Waals surface area contributed by atoms with Crippen molar-refractivity contribution in [1.82, 2.24) is 0 Å². The molecule has 0 saturated heterocycles. The lowest BCUT2D eigenvalue weighted by atomic mass is 9.91. The molecular formula is C16H15N3O5. The number of carbonyl (C=O) groups is 1. The van der Waals surface area contributed by atoms with Gasteiger partial charge in [0.15, 0.2) is 5.78 Å². The first kappa shape index (κ1) is 17.1. The highest BCUT2D eigenvalue weighted by Gasteiger charge is 2.27. The number of nitro benzene ring substituents is 2. The quantitative estimate of drug-likeness (QED) is 0.507. The van der Waals surface area contributed by atoms with Gasteiger partial charge in [0.25, 0.3) is 11.4 Å². The van der Waals surface area contributed by atoms with Crippen molar-refractivity contribution in [2.45, 2.75) is 13.8 Å². The van der Waals surface area contributed by atoms with Gasteiger partial charge in [0.1, 0.15) is 0 Å². The molecular weight excluding hydrogens is 314 g/mol. The number of benzene rings is 2. The van der Waals surface area contributed by atoms with Crippen LogP contribution in [-0.2, 0) is 0 Å². The number of nitrogens with zero attached hydrogens (tertiary/aromatic N) is 2. The van der Waals surface area contributed by atoms with E-state index in [1.165, 1.54) is 37.3 Å². The molecule has 0 aromatic heterocycles. The Labute approximate surface area is 137 Å². The van der Waals surface area contributed by atoms with Gasteiger partial charge in [0.05, 0.1) is 21.0 Å². The largest absolute Gasteiger partial charge is 0.387 e. The van der Waals surface area contributed by atoms with Gasteiger partial charge in [-0.2, -0.15) is 0 Å². The van der Waals surface area contributed by atoms with E-state index >= 15 is 0 Å². The second kappa shape index (κ2) is 6.45. The van der Waals surface area contributed by atoms with E-state index in [2.05, 4.69) is 5.32 Å². The van der Waals surface area contributed by atoms with E-state index in [-0.39, 0.29) is 33.8 Å². The van der Waals surface area contributed by atoms with E-state index in [4.69, 9.17) is 0 Å². The molecule has 0 spiro atoms. The number of nitro groups is 2. The fourth-order valence-corrected chi connectivity index (χ4v) is 2.69. The molecule has 0 saturated carbocycles. The average molecular weight is 329 g/mol. The van der Waals surface area contributed by atoms with Gasteiger partial charge in [-0.05, 0) is 25.0 Å². The van der Waals surface area contributed by atoms with E-state index in [0.29, 0.717) is 11.3 Å². The van der Waals surface area contributed by atoms with E-state index in [1.807, 2.05) is 0 Å². The van der Waals surface area contributed by atoms with Crippen LogP contribution in [-0.4, -0.2) is 22.7 Å². The molecule has 2 rings (SSSR count). The zero-order valence-electron chi connectivity index (χ0n) is 13.3. The molecule has 0 atom stereocenters. The van der Waals surface area contributed by atoms with Crippen molar-refractivity contribution in [3.05, 3.63) is 61.7 Å². The van der Waals surface area contributed by atoms with E-state index in [9.17, 15) is 25.0 Å². The van der Waals surface area contributed by atoms with Gasteiger partial charge in [-0.3, -0.25) is 25.0 Å². The second-order valence-electron chi connectivity index (χ2n) is 5.21. The highest BCUT2D eigenvalue weighted by atomic mass is 16.6. The first-order valence-corrected chi connectivity index (χ1v) is 7.03. The number of rotatable bonds is 5.